The fourth-order valence-corrected chi connectivity index (χ4v) is 3.95. The number of aryl methyl sites for hydroxylation is 1. The van der Waals surface area contributed by atoms with E-state index in [1.165, 1.54) is 19.3 Å². The van der Waals surface area contributed by atoms with Gasteiger partial charge in [-0.25, -0.2) is 19.6 Å². The Morgan fingerprint density at radius 3 is 1.92 bits per heavy atom. The molecule has 0 bridgehead atoms. The van der Waals surface area contributed by atoms with Crippen molar-refractivity contribution in [3.05, 3.63) is 31.0 Å². The topological polar surface area (TPSA) is 129 Å². The van der Waals surface area contributed by atoms with Crippen molar-refractivity contribution in [3.8, 4) is 11.3 Å². The monoisotopic (exact) mass is 565 g/mol. The van der Waals surface area contributed by atoms with Gasteiger partial charge in [0.25, 0.3) is 0 Å². The molecule has 0 unspecified atom stereocenters. The maximum absolute atomic E-state index is 10.6. The fourth-order valence-electron chi connectivity index (χ4n) is 3.95. The summed E-state index contributed by atoms with van der Waals surface area (Å²) < 4.78 is 67.4. The van der Waals surface area contributed by atoms with Crippen LogP contribution in [0.25, 0.3) is 16.9 Å². The van der Waals surface area contributed by atoms with Gasteiger partial charge in [0, 0.05) is 63.4 Å². The van der Waals surface area contributed by atoms with Gasteiger partial charge in [0.1, 0.15) is 0 Å². The summed E-state index contributed by atoms with van der Waals surface area (Å²) in [5.41, 5.74) is 3.06. The molecule has 0 atom stereocenters. The second kappa shape index (κ2) is 11.9. The number of carboxylic acids is 2. The molecule has 214 valence electrons. The highest BCUT2D eigenvalue weighted by atomic mass is 19.4. The van der Waals surface area contributed by atoms with Crippen molar-refractivity contribution in [2.45, 2.75) is 37.7 Å². The molecular weight excluding hydrogens is 540 g/mol. The van der Waals surface area contributed by atoms with Crippen LogP contribution in [0.5, 0.6) is 0 Å². The van der Waals surface area contributed by atoms with Crippen LogP contribution < -0.4 is 4.90 Å². The van der Waals surface area contributed by atoms with Crippen LogP contribution in [0.4, 0.5) is 32.2 Å². The van der Waals surface area contributed by atoms with E-state index < -0.39 is 24.3 Å². The first-order chi connectivity index (χ1) is 18.2. The van der Waals surface area contributed by atoms with Gasteiger partial charge in [-0.05, 0) is 12.8 Å². The second-order valence-electron chi connectivity index (χ2n) is 8.70. The molecule has 0 aromatic carbocycles. The molecule has 0 spiro atoms. The van der Waals surface area contributed by atoms with E-state index >= 15 is 0 Å². The number of halogens is 6. The van der Waals surface area contributed by atoms with Crippen LogP contribution in [-0.2, 0) is 16.6 Å². The number of hydrogen-bond donors (Lipinski definition) is 2. The molecule has 4 heterocycles. The highest BCUT2D eigenvalue weighted by Crippen LogP contribution is 2.28. The number of carbonyl (C=O) groups is 2. The number of nitrogens with zero attached hydrogens (tertiary/aromatic N) is 7. The zero-order valence-corrected chi connectivity index (χ0v) is 20.5. The van der Waals surface area contributed by atoms with Gasteiger partial charge in [0.15, 0.2) is 11.5 Å². The molecule has 17 heteroatoms. The van der Waals surface area contributed by atoms with Crippen LogP contribution in [0.15, 0.2) is 31.0 Å². The van der Waals surface area contributed by atoms with Gasteiger partial charge in [-0.1, -0.05) is 6.42 Å². The van der Waals surface area contributed by atoms with E-state index in [0.29, 0.717) is 0 Å². The van der Waals surface area contributed by atoms with Crippen LogP contribution in [0, 0.1) is 0 Å². The van der Waals surface area contributed by atoms with Gasteiger partial charge < -0.3 is 15.1 Å². The number of hydrogen-bond acceptors (Lipinski definition) is 7. The van der Waals surface area contributed by atoms with Crippen LogP contribution in [-0.4, -0.2) is 95.8 Å². The van der Waals surface area contributed by atoms with Crippen LogP contribution in [0.3, 0.4) is 0 Å². The molecular formula is C22H25F6N7O4. The van der Waals surface area contributed by atoms with Crippen molar-refractivity contribution < 1.29 is 46.1 Å². The second-order valence-corrected chi connectivity index (χ2v) is 8.70. The fraction of sp³-hybridized carbons (Fsp3) is 0.500. The number of alkyl halides is 6. The Bertz CT molecular complexity index is 1250. The third-order valence-electron chi connectivity index (χ3n) is 6.10. The molecule has 3 aromatic rings. The van der Waals surface area contributed by atoms with Crippen molar-refractivity contribution in [2.75, 3.05) is 31.1 Å². The third-order valence-corrected chi connectivity index (χ3v) is 6.10. The number of fused-ring (bicyclic) bond motifs is 1. The van der Waals surface area contributed by atoms with Crippen LogP contribution in [0.1, 0.15) is 19.3 Å². The van der Waals surface area contributed by atoms with Gasteiger partial charge in [0.05, 0.1) is 18.1 Å². The minimum Gasteiger partial charge on any atom is -0.475 e. The van der Waals surface area contributed by atoms with Gasteiger partial charge in [-0.2, -0.15) is 31.4 Å². The van der Waals surface area contributed by atoms with E-state index in [9.17, 15) is 26.3 Å². The molecule has 2 N–H and O–H groups in total. The number of piperazine rings is 1. The summed E-state index contributed by atoms with van der Waals surface area (Å²) in [7, 11) is 1.93. The molecule has 2 aliphatic rings. The Kier molecular flexibility index (Phi) is 9.03. The number of imidazole rings is 1. The van der Waals surface area contributed by atoms with Crippen LogP contribution >= 0.6 is 0 Å². The van der Waals surface area contributed by atoms with Crippen molar-refractivity contribution in [1.82, 2.24) is 29.0 Å². The lowest BCUT2D eigenvalue weighted by molar-refractivity contribution is -0.193. The van der Waals surface area contributed by atoms with Crippen molar-refractivity contribution in [3.63, 3.8) is 0 Å². The predicted molar refractivity (Wildman–Crippen MR) is 124 cm³/mol. The summed E-state index contributed by atoms with van der Waals surface area (Å²) in [4.78, 5) is 32.1. The lowest BCUT2D eigenvalue weighted by Crippen LogP contribution is -2.52. The Hall–Kier alpha value is -3.89. The van der Waals surface area contributed by atoms with E-state index in [0.717, 1.165) is 54.9 Å². The smallest absolute Gasteiger partial charge is 0.475 e. The number of rotatable bonds is 3. The quantitative estimate of drug-likeness (QED) is 0.461. The molecule has 1 saturated carbocycles. The average molecular weight is 565 g/mol. The van der Waals surface area contributed by atoms with Crippen molar-refractivity contribution in [1.29, 1.82) is 0 Å². The van der Waals surface area contributed by atoms with E-state index in [2.05, 4.69) is 29.3 Å². The van der Waals surface area contributed by atoms with Gasteiger partial charge >= 0.3 is 24.3 Å². The first kappa shape index (κ1) is 29.7. The molecule has 0 radical (unpaired) electrons. The maximum atomic E-state index is 10.6. The maximum Gasteiger partial charge on any atom is 0.490 e. The first-order valence-corrected chi connectivity index (χ1v) is 11.6. The minimum atomic E-state index is -5.08. The molecule has 2 fully saturated rings. The number of anilines is 1. The van der Waals surface area contributed by atoms with Gasteiger partial charge in [-0.15, -0.1) is 0 Å². The van der Waals surface area contributed by atoms with E-state index in [4.69, 9.17) is 19.8 Å². The van der Waals surface area contributed by atoms with Crippen molar-refractivity contribution in [2.24, 2.45) is 7.05 Å². The summed E-state index contributed by atoms with van der Waals surface area (Å²) >= 11 is 0. The molecule has 3 aromatic heterocycles. The highest BCUT2D eigenvalue weighted by molar-refractivity contribution is 5.73. The zero-order valence-electron chi connectivity index (χ0n) is 20.5. The van der Waals surface area contributed by atoms with Gasteiger partial charge in [0.2, 0.25) is 0 Å². The molecule has 39 heavy (non-hydrogen) atoms. The highest BCUT2D eigenvalue weighted by Gasteiger charge is 2.39. The zero-order chi connectivity index (χ0) is 29.0. The Morgan fingerprint density at radius 1 is 0.923 bits per heavy atom. The standard InChI is InChI=1S/C18H23N7.2C2HF3O2/c1-22-13-14(11-21-22)16-12-20-18-17(19-5-6-25(16)18)24-9-7-23(8-10-24)15-3-2-4-15;2*3-2(4,5)1(6)7/h5-6,11-13,15H,2-4,7-10H2,1H3;2*(H,6,7). The Morgan fingerprint density at radius 2 is 1.49 bits per heavy atom. The number of aromatic nitrogens is 5. The summed E-state index contributed by atoms with van der Waals surface area (Å²) in [6, 6.07) is 0.828. The first-order valence-electron chi connectivity index (χ1n) is 11.6. The van der Waals surface area contributed by atoms with E-state index in [1.54, 1.807) is 0 Å². The summed E-state index contributed by atoms with van der Waals surface area (Å²) in [6.45, 7) is 4.31. The van der Waals surface area contributed by atoms with E-state index in [-0.39, 0.29) is 0 Å². The normalized spacial score (nSPS) is 16.5. The summed E-state index contributed by atoms with van der Waals surface area (Å²) in [5, 5.41) is 18.5. The third kappa shape index (κ3) is 7.58. The largest absolute Gasteiger partial charge is 0.490 e. The molecule has 1 aliphatic carbocycles. The molecule has 1 saturated heterocycles. The minimum absolute atomic E-state index is 0.828. The molecule has 11 nitrogen and oxygen atoms in total. The summed E-state index contributed by atoms with van der Waals surface area (Å²) in [6.07, 6.45) is 3.66. The lowest BCUT2D eigenvalue weighted by Gasteiger charge is -2.43. The average Bonchev–Trinajstić information content (AvgIpc) is 3.44. The predicted octanol–water partition coefficient (Wildman–Crippen LogP) is 3.07. The molecule has 1 aliphatic heterocycles. The van der Waals surface area contributed by atoms with Gasteiger partial charge in [-0.3, -0.25) is 14.0 Å². The SMILES string of the molecule is Cn1cc(-c2cnc3c(N4CCN(C5CCC5)CC4)nccn23)cn1.O=C(O)C(F)(F)F.O=C(O)C(F)(F)F. The molecule has 0 amide bonds. The lowest BCUT2D eigenvalue weighted by atomic mass is 9.91. The van der Waals surface area contributed by atoms with E-state index in [1.807, 2.05) is 42.7 Å². The Labute approximate surface area is 217 Å². The number of aliphatic carboxylic acids is 2. The van der Waals surface area contributed by atoms with Crippen molar-refractivity contribution >= 4 is 23.4 Å². The molecule has 5 rings (SSSR count). The summed E-state index contributed by atoms with van der Waals surface area (Å²) in [5.74, 6) is -4.52. The van der Waals surface area contributed by atoms with Crippen LogP contribution in [0.2, 0.25) is 0 Å². The Balaban J connectivity index is 0.000000251. The number of carboxylic acid groups (broad SMARTS) is 2.